The Labute approximate surface area is 293 Å². The van der Waals surface area contributed by atoms with Crippen LogP contribution in [0.2, 0.25) is 0 Å². The van der Waals surface area contributed by atoms with Crippen molar-refractivity contribution in [2.24, 2.45) is 9.98 Å². The van der Waals surface area contributed by atoms with Crippen LogP contribution in [-0.2, 0) is 9.47 Å². The topological polar surface area (TPSA) is 95.8 Å². The zero-order valence-electron chi connectivity index (χ0n) is 28.3. The van der Waals surface area contributed by atoms with Gasteiger partial charge in [0.1, 0.15) is 11.5 Å². The summed E-state index contributed by atoms with van der Waals surface area (Å²) < 4.78 is 22.4. The molecule has 0 unspecified atom stereocenters. The maximum Gasteiger partial charge on any atom is 0.339 e. The summed E-state index contributed by atoms with van der Waals surface area (Å²) in [6, 6.07) is 37.7. The zero-order valence-corrected chi connectivity index (χ0v) is 28.3. The average molecular weight is 669 g/mol. The van der Waals surface area contributed by atoms with Gasteiger partial charge in [-0.3, -0.25) is 9.98 Å². The molecule has 0 saturated heterocycles. The molecule has 5 aromatic carbocycles. The lowest BCUT2D eigenvalue weighted by atomic mass is 10.1. The fourth-order valence-corrected chi connectivity index (χ4v) is 4.68. The quantitative estimate of drug-likeness (QED) is 0.0592. The van der Waals surface area contributed by atoms with Gasteiger partial charge in [0, 0.05) is 25.3 Å². The molecule has 0 heterocycles. The molecule has 50 heavy (non-hydrogen) atoms. The predicted molar refractivity (Wildman–Crippen MR) is 197 cm³/mol. The minimum atomic E-state index is -0.592. The van der Waals surface area contributed by atoms with E-state index in [4.69, 9.17) is 18.9 Å². The first-order valence-electron chi connectivity index (χ1n) is 16.5. The van der Waals surface area contributed by atoms with Gasteiger partial charge in [-0.25, -0.2) is 9.59 Å². The highest BCUT2D eigenvalue weighted by molar-refractivity contribution is 6.03. The van der Waals surface area contributed by atoms with Crippen LogP contribution in [0.15, 0.2) is 131 Å². The van der Waals surface area contributed by atoms with Crippen molar-refractivity contribution in [1.82, 2.24) is 0 Å². The zero-order chi connectivity index (χ0) is 35.0. The van der Waals surface area contributed by atoms with E-state index in [0.717, 1.165) is 22.5 Å². The smallest absolute Gasteiger partial charge is 0.339 e. The number of hydrogen-bond acceptors (Lipinski definition) is 8. The lowest BCUT2D eigenvalue weighted by molar-refractivity contribution is 0.0438. The van der Waals surface area contributed by atoms with E-state index in [1.807, 2.05) is 123 Å². The summed E-state index contributed by atoms with van der Waals surface area (Å²) in [6.45, 7) is 5.09. The van der Waals surface area contributed by atoms with Gasteiger partial charge in [0.15, 0.2) is 0 Å². The molecule has 0 atom stereocenters. The molecule has 0 amide bonds. The predicted octanol–water partition coefficient (Wildman–Crippen LogP) is 9.06. The standard InChI is InChI=1S/C42H40N2O6/c1-31-9-17-35(18-10-31)43-29-33-13-21-37(22-14-33)47-25-5-27-49-41(45)39-7-3-4-8-40(39)42(46)50-28-6-26-48-38-23-15-34(16-24-38)30-44-36-19-11-32(2)12-20-36/h3-4,7-24,29-30H,5-6,25-28H2,1-2H3. The molecule has 0 spiro atoms. The van der Waals surface area contributed by atoms with Crippen LogP contribution >= 0.6 is 0 Å². The third kappa shape index (κ3) is 11.3. The largest absolute Gasteiger partial charge is 0.493 e. The van der Waals surface area contributed by atoms with E-state index in [2.05, 4.69) is 9.98 Å². The lowest BCUT2D eigenvalue weighted by Gasteiger charge is -2.11. The number of nitrogens with zero attached hydrogens (tertiary/aromatic N) is 2. The molecule has 0 aliphatic heterocycles. The molecule has 254 valence electrons. The third-order valence-electron chi connectivity index (χ3n) is 7.50. The fraction of sp³-hybridized carbons (Fsp3) is 0.190. The number of ether oxygens (including phenoxy) is 4. The molecule has 0 fully saturated rings. The number of rotatable bonds is 16. The molecule has 0 radical (unpaired) electrons. The van der Waals surface area contributed by atoms with Crippen molar-refractivity contribution in [3.8, 4) is 11.5 Å². The summed E-state index contributed by atoms with van der Waals surface area (Å²) in [6.07, 6.45) is 4.58. The number of aliphatic imine (C=N–C) groups is 2. The number of hydrogen-bond donors (Lipinski definition) is 0. The molecule has 0 saturated carbocycles. The Kier molecular flexibility index (Phi) is 13.1. The summed E-state index contributed by atoms with van der Waals surface area (Å²) in [5, 5.41) is 0. The third-order valence-corrected chi connectivity index (χ3v) is 7.50. The van der Waals surface area contributed by atoms with Gasteiger partial charge in [0.2, 0.25) is 0 Å². The summed E-state index contributed by atoms with van der Waals surface area (Å²) in [7, 11) is 0. The highest BCUT2D eigenvalue weighted by Gasteiger charge is 2.19. The highest BCUT2D eigenvalue weighted by atomic mass is 16.5. The monoisotopic (exact) mass is 668 g/mol. The Hall–Kier alpha value is -6.02. The van der Waals surface area contributed by atoms with E-state index in [9.17, 15) is 9.59 Å². The van der Waals surface area contributed by atoms with Crippen molar-refractivity contribution in [2.45, 2.75) is 26.7 Å². The number of carbonyl (C=O) groups excluding carboxylic acids is 2. The Balaban J connectivity index is 0.977. The van der Waals surface area contributed by atoms with Crippen LogP contribution < -0.4 is 9.47 Å². The van der Waals surface area contributed by atoms with Crippen molar-refractivity contribution in [2.75, 3.05) is 26.4 Å². The Bertz CT molecular complexity index is 1740. The van der Waals surface area contributed by atoms with Crippen LogP contribution in [0.3, 0.4) is 0 Å². The second-order valence-corrected chi connectivity index (χ2v) is 11.5. The van der Waals surface area contributed by atoms with Crippen molar-refractivity contribution >= 4 is 35.7 Å². The molecular formula is C42H40N2O6. The molecule has 8 nitrogen and oxygen atoms in total. The minimum absolute atomic E-state index is 0.140. The molecule has 5 aromatic rings. The maximum absolute atomic E-state index is 12.8. The molecule has 0 aliphatic rings. The van der Waals surface area contributed by atoms with Gasteiger partial charge in [-0.1, -0.05) is 47.5 Å². The Morgan fingerprint density at radius 2 is 0.880 bits per heavy atom. The van der Waals surface area contributed by atoms with Gasteiger partial charge in [-0.2, -0.15) is 0 Å². The first-order chi connectivity index (χ1) is 24.4. The minimum Gasteiger partial charge on any atom is -0.493 e. The van der Waals surface area contributed by atoms with Crippen LogP contribution in [0.5, 0.6) is 11.5 Å². The molecular weight excluding hydrogens is 628 g/mol. The highest BCUT2D eigenvalue weighted by Crippen LogP contribution is 2.17. The van der Waals surface area contributed by atoms with Crippen molar-refractivity contribution in [1.29, 1.82) is 0 Å². The van der Waals surface area contributed by atoms with E-state index in [0.29, 0.717) is 37.6 Å². The van der Waals surface area contributed by atoms with Crippen molar-refractivity contribution < 1.29 is 28.5 Å². The Morgan fingerprint density at radius 1 is 0.500 bits per heavy atom. The van der Waals surface area contributed by atoms with Gasteiger partial charge in [0.25, 0.3) is 0 Å². The average Bonchev–Trinajstić information content (AvgIpc) is 3.15. The number of carbonyl (C=O) groups is 2. The maximum atomic E-state index is 12.8. The van der Waals surface area contributed by atoms with E-state index in [-0.39, 0.29) is 24.3 Å². The van der Waals surface area contributed by atoms with Crippen LogP contribution in [0.1, 0.15) is 55.8 Å². The molecule has 0 aliphatic carbocycles. The van der Waals surface area contributed by atoms with Gasteiger partial charge in [-0.15, -0.1) is 0 Å². The first-order valence-corrected chi connectivity index (χ1v) is 16.5. The van der Waals surface area contributed by atoms with Crippen LogP contribution in [-0.4, -0.2) is 50.8 Å². The van der Waals surface area contributed by atoms with E-state index >= 15 is 0 Å². The van der Waals surface area contributed by atoms with E-state index < -0.39 is 11.9 Å². The second-order valence-electron chi connectivity index (χ2n) is 11.5. The molecule has 0 bridgehead atoms. The molecule has 0 aromatic heterocycles. The summed E-state index contributed by atoms with van der Waals surface area (Å²) in [5.41, 5.74) is 6.40. The fourth-order valence-electron chi connectivity index (χ4n) is 4.68. The second kappa shape index (κ2) is 18.5. The van der Waals surface area contributed by atoms with Crippen LogP contribution in [0.25, 0.3) is 0 Å². The number of aryl methyl sites for hydroxylation is 2. The van der Waals surface area contributed by atoms with Gasteiger partial charge < -0.3 is 18.9 Å². The lowest BCUT2D eigenvalue weighted by Crippen LogP contribution is -2.16. The van der Waals surface area contributed by atoms with E-state index in [1.54, 1.807) is 24.3 Å². The van der Waals surface area contributed by atoms with Crippen LogP contribution in [0.4, 0.5) is 11.4 Å². The molecule has 0 N–H and O–H groups in total. The number of esters is 2. The number of benzene rings is 5. The SMILES string of the molecule is Cc1ccc(N=Cc2ccc(OCCCOC(=O)c3ccccc3C(=O)OCCCOc3ccc(C=Nc4ccc(C)cc4)cc3)cc2)cc1. The summed E-state index contributed by atoms with van der Waals surface area (Å²) >= 11 is 0. The van der Waals surface area contributed by atoms with Gasteiger partial charge in [0.05, 0.1) is 48.9 Å². The Morgan fingerprint density at radius 3 is 1.26 bits per heavy atom. The van der Waals surface area contributed by atoms with Gasteiger partial charge in [-0.05, 0) is 110 Å². The van der Waals surface area contributed by atoms with Crippen LogP contribution in [0, 0.1) is 13.8 Å². The van der Waals surface area contributed by atoms with E-state index in [1.165, 1.54) is 11.1 Å². The van der Waals surface area contributed by atoms with Gasteiger partial charge >= 0.3 is 11.9 Å². The summed E-state index contributed by atoms with van der Waals surface area (Å²) in [4.78, 5) is 34.6. The molecule has 5 rings (SSSR count). The van der Waals surface area contributed by atoms with Crippen molar-refractivity contribution in [3.63, 3.8) is 0 Å². The first kappa shape index (κ1) is 35.3. The molecule has 8 heteroatoms. The normalized spacial score (nSPS) is 11.1. The van der Waals surface area contributed by atoms with Crippen molar-refractivity contribution in [3.05, 3.63) is 155 Å². The summed E-state index contributed by atoms with van der Waals surface area (Å²) in [5.74, 6) is 0.232.